The molecule has 1 aliphatic carbocycles. The third kappa shape index (κ3) is 4.89. The molecule has 2 aromatic rings. The van der Waals surface area contributed by atoms with Crippen LogP contribution in [0.3, 0.4) is 0 Å². The van der Waals surface area contributed by atoms with Crippen molar-refractivity contribution in [1.29, 1.82) is 0 Å². The lowest BCUT2D eigenvalue weighted by atomic mass is 9.85. The summed E-state index contributed by atoms with van der Waals surface area (Å²) in [5.74, 6) is 6.65. The quantitative estimate of drug-likeness (QED) is 0.559. The Morgan fingerprint density at radius 2 is 1.93 bits per heavy atom. The van der Waals surface area contributed by atoms with Gasteiger partial charge in [-0.25, -0.2) is 15.6 Å². The molecule has 1 amide bonds. The first-order valence-corrected chi connectivity index (χ1v) is 9.03. The first-order chi connectivity index (χ1) is 12.9. The highest BCUT2D eigenvalue weighted by atomic mass is 16.6. The lowest BCUT2D eigenvalue weighted by molar-refractivity contribution is 0.0489. The first kappa shape index (κ1) is 19.0. The molecule has 0 bridgehead atoms. The number of nitrogens with two attached hydrogens (primary N) is 1. The van der Waals surface area contributed by atoms with Gasteiger partial charge in [-0.2, -0.15) is 0 Å². The number of nitrogens with one attached hydrogen (secondary N) is 2. The Bertz CT molecular complexity index is 804. The number of benzene rings is 1. The molecule has 7 nitrogen and oxygen atoms in total. The number of aromatic nitrogens is 1. The topological polar surface area (TPSA) is 98.5 Å². The van der Waals surface area contributed by atoms with Crippen molar-refractivity contribution in [3.8, 4) is 5.75 Å². The van der Waals surface area contributed by atoms with Crippen LogP contribution in [0.4, 0.5) is 10.6 Å². The zero-order valence-corrected chi connectivity index (χ0v) is 15.9. The molecular formula is C20H26N4O3. The molecule has 1 heterocycles. The number of hydrazine groups is 1. The average molecular weight is 370 g/mol. The maximum absolute atomic E-state index is 12.2. The normalized spacial score (nSPS) is 19.0. The fourth-order valence-electron chi connectivity index (χ4n) is 3.20. The summed E-state index contributed by atoms with van der Waals surface area (Å²) < 4.78 is 11.6. The number of fused-ring (bicyclic) bond motifs is 1. The van der Waals surface area contributed by atoms with Crippen molar-refractivity contribution in [2.45, 2.75) is 51.4 Å². The molecule has 0 saturated heterocycles. The van der Waals surface area contributed by atoms with E-state index in [0.717, 1.165) is 24.0 Å². The molecular weight excluding hydrogens is 344 g/mol. The lowest BCUT2D eigenvalue weighted by Gasteiger charge is -2.32. The maximum atomic E-state index is 12.2. The predicted molar refractivity (Wildman–Crippen MR) is 103 cm³/mol. The summed E-state index contributed by atoms with van der Waals surface area (Å²) in [7, 11) is 0. The number of hydrogen-bond acceptors (Lipinski definition) is 6. The Morgan fingerprint density at radius 3 is 2.63 bits per heavy atom. The summed E-state index contributed by atoms with van der Waals surface area (Å²) in [6, 6.07) is 11.5. The third-order valence-corrected chi connectivity index (χ3v) is 4.28. The van der Waals surface area contributed by atoms with Gasteiger partial charge in [0.05, 0.1) is 6.04 Å². The highest BCUT2D eigenvalue weighted by molar-refractivity contribution is 5.68. The van der Waals surface area contributed by atoms with Gasteiger partial charge in [-0.15, -0.1) is 0 Å². The summed E-state index contributed by atoms with van der Waals surface area (Å²) in [6.45, 7) is 5.55. The number of nitrogen functional groups attached to an aromatic ring is 1. The van der Waals surface area contributed by atoms with Crippen LogP contribution in [0.1, 0.15) is 56.9 Å². The Balaban J connectivity index is 1.76. The standard InChI is InChI=1S/C20H26N4O3/c1-20(2,3)27-19(25)23-16-8-9-17(15-7-5-4-6-14(15)16)26-13-10-11-22-18(12-13)24-21/h4-7,10-12,16-17H,8-9,21H2,1-3H3,(H,22,24)(H,23,25)/t16-,17+/m0/s1. The van der Waals surface area contributed by atoms with E-state index in [0.29, 0.717) is 11.6 Å². The number of carbonyl (C=O) groups excluding carboxylic acids is 1. The molecule has 0 fully saturated rings. The van der Waals surface area contributed by atoms with Crippen LogP contribution in [-0.4, -0.2) is 16.7 Å². The fourth-order valence-corrected chi connectivity index (χ4v) is 3.20. The Hall–Kier alpha value is -2.80. The van der Waals surface area contributed by atoms with Crippen LogP contribution in [0, 0.1) is 0 Å². The molecule has 0 unspecified atom stereocenters. The van der Waals surface area contributed by atoms with E-state index in [1.807, 2.05) is 45.0 Å². The highest BCUT2D eigenvalue weighted by Crippen LogP contribution is 2.39. The molecule has 144 valence electrons. The maximum Gasteiger partial charge on any atom is 0.408 e. The Kier molecular flexibility index (Phi) is 5.51. The summed E-state index contributed by atoms with van der Waals surface area (Å²) in [6.07, 6.45) is 2.66. The van der Waals surface area contributed by atoms with Crippen LogP contribution >= 0.6 is 0 Å². The van der Waals surface area contributed by atoms with Gasteiger partial charge in [-0.05, 0) is 50.8 Å². The van der Waals surface area contributed by atoms with Crippen LogP contribution in [-0.2, 0) is 4.74 Å². The predicted octanol–water partition coefficient (Wildman–Crippen LogP) is 3.85. The largest absolute Gasteiger partial charge is 0.486 e. The van der Waals surface area contributed by atoms with Gasteiger partial charge in [0.15, 0.2) is 0 Å². The minimum absolute atomic E-state index is 0.102. The lowest BCUT2D eigenvalue weighted by Crippen LogP contribution is -2.37. The Morgan fingerprint density at radius 1 is 1.19 bits per heavy atom. The van der Waals surface area contributed by atoms with Gasteiger partial charge in [-0.1, -0.05) is 24.3 Å². The second-order valence-electron chi connectivity index (χ2n) is 7.53. The number of hydrogen-bond donors (Lipinski definition) is 3. The van der Waals surface area contributed by atoms with Crippen LogP contribution in [0.25, 0.3) is 0 Å². The molecule has 1 aliphatic rings. The molecule has 0 saturated carbocycles. The number of nitrogens with zero attached hydrogens (tertiary/aromatic N) is 1. The van der Waals surface area contributed by atoms with Gasteiger partial charge in [0.25, 0.3) is 0 Å². The van der Waals surface area contributed by atoms with Crippen LogP contribution in [0.5, 0.6) is 5.75 Å². The van der Waals surface area contributed by atoms with Crippen molar-refractivity contribution in [1.82, 2.24) is 10.3 Å². The van der Waals surface area contributed by atoms with Crippen molar-refractivity contribution < 1.29 is 14.3 Å². The number of amides is 1. The summed E-state index contributed by atoms with van der Waals surface area (Å²) in [5, 5.41) is 2.98. The molecule has 1 aromatic heterocycles. The molecule has 0 spiro atoms. The SMILES string of the molecule is CC(C)(C)OC(=O)N[C@H]1CC[C@@H](Oc2ccnc(NN)c2)c2ccccc21. The average Bonchev–Trinajstić information content (AvgIpc) is 2.62. The number of rotatable bonds is 4. The van der Waals surface area contributed by atoms with Crippen molar-refractivity contribution in [2.75, 3.05) is 5.43 Å². The van der Waals surface area contributed by atoms with Gasteiger partial charge in [0.2, 0.25) is 0 Å². The molecule has 1 aromatic carbocycles. The third-order valence-electron chi connectivity index (χ3n) is 4.28. The molecule has 7 heteroatoms. The van der Waals surface area contributed by atoms with Crippen molar-refractivity contribution >= 4 is 11.9 Å². The zero-order valence-electron chi connectivity index (χ0n) is 15.9. The molecule has 3 rings (SSSR count). The molecule has 0 aliphatic heterocycles. The Labute approximate surface area is 159 Å². The van der Waals surface area contributed by atoms with Crippen LogP contribution in [0.15, 0.2) is 42.6 Å². The van der Waals surface area contributed by atoms with E-state index in [1.54, 1.807) is 18.3 Å². The fraction of sp³-hybridized carbons (Fsp3) is 0.400. The van der Waals surface area contributed by atoms with Crippen LogP contribution in [0.2, 0.25) is 0 Å². The second kappa shape index (κ2) is 7.84. The van der Waals surface area contributed by atoms with E-state index >= 15 is 0 Å². The van der Waals surface area contributed by atoms with E-state index < -0.39 is 11.7 Å². The number of anilines is 1. The second-order valence-corrected chi connectivity index (χ2v) is 7.53. The smallest absolute Gasteiger partial charge is 0.408 e. The minimum Gasteiger partial charge on any atom is -0.486 e. The van der Waals surface area contributed by atoms with Gasteiger partial charge >= 0.3 is 6.09 Å². The summed E-state index contributed by atoms with van der Waals surface area (Å²) in [4.78, 5) is 16.3. The van der Waals surface area contributed by atoms with Gasteiger partial charge in [-0.3, -0.25) is 0 Å². The first-order valence-electron chi connectivity index (χ1n) is 9.03. The molecule has 27 heavy (non-hydrogen) atoms. The summed E-state index contributed by atoms with van der Waals surface area (Å²) >= 11 is 0. The van der Waals surface area contributed by atoms with E-state index in [4.69, 9.17) is 15.3 Å². The zero-order chi connectivity index (χ0) is 19.4. The minimum atomic E-state index is -0.528. The van der Waals surface area contributed by atoms with Gasteiger partial charge in [0, 0.05) is 12.3 Å². The molecule has 4 N–H and O–H groups in total. The van der Waals surface area contributed by atoms with E-state index in [9.17, 15) is 4.79 Å². The monoisotopic (exact) mass is 370 g/mol. The molecule has 2 atom stereocenters. The number of pyridine rings is 1. The van der Waals surface area contributed by atoms with E-state index in [1.165, 1.54) is 0 Å². The van der Waals surface area contributed by atoms with E-state index in [2.05, 4.69) is 15.7 Å². The van der Waals surface area contributed by atoms with Gasteiger partial charge < -0.3 is 20.2 Å². The number of alkyl carbamates (subject to hydrolysis) is 1. The number of carbonyl (C=O) groups is 1. The summed E-state index contributed by atoms with van der Waals surface area (Å²) in [5.41, 5.74) is 4.10. The van der Waals surface area contributed by atoms with Crippen molar-refractivity contribution in [3.05, 3.63) is 53.7 Å². The van der Waals surface area contributed by atoms with E-state index in [-0.39, 0.29) is 12.1 Å². The van der Waals surface area contributed by atoms with Crippen molar-refractivity contribution in [2.24, 2.45) is 5.84 Å². The van der Waals surface area contributed by atoms with Crippen molar-refractivity contribution in [3.63, 3.8) is 0 Å². The number of ether oxygens (including phenoxy) is 2. The highest BCUT2D eigenvalue weighted by Gasteiger charge is 2.30. The van der Waals surface area contributed by atoms with Crippen LogP contribution < -0.4 is 21.3 Å². The van der Waals surface area contributed by atoms with Gasteiger partial charge in [0.1, 0.15) is 23.3 Å². The molecule has 0 radical (unpaired) electrons.